The van der Waals surface area contributed by atoms with E-state index >= 15 is 0 Å². The molecule has 1 amide bonds. The van der Waals surface area contributed by atoms with Crippen LogP contribution >= 0.6 is 0 Å². The molecule has 0 spiro atoms. The van der Waals surface area contributed by atoms with Crippen molar-refractivity contribution in [3.05, 3.63) is 71.5 Å². The van der Waals surface area contributed by atoms with Crippen LogP contribution in [0.1, 0.15) is 23.0 Å². The first-order valence-corrected chi connectivity index (χ1v) is 7.26. The van der Waals surface area contributed by atoms with Gasteiger partial charge in [-0.15, -0.1) is 0 Å². The van der Waals surface area contributed by atoms with Gasteiger partial charge in [0.1, 0.15) is 23.0 Å². The number of fused-ring (bicyclic) bond motifs is 1. The van der Waals surface area contributed by atoms with Gasteiger partial charge in [0.2, 0.25) is 0 Å². The number of hydrogen-bond acceptors (Lipinski definition) is 2. The Morgan fingerprint density at radius 1 is 1.17 bits per heavy atom. The first-order valence-electron chi connectivity index (χ1n) is 7.26. The molecule has 1 N–H and O–H groups in total. The maximum absolute atomic E-state index is 13.6. The number of carbonyl (C=O) groups is 1. The summed E-state index contributed by atoms with van der Waals surface area (Å²) in [4.78, 5) is 12.0. The van der Waals surface area contributed by atoms with Crippen LogP contribution < -0.4 is 5.32 Å². The third kappa shape index (κ3) is 3.39. The van der Waals surface area contributed by atoms with E-state index in [9.17, 15) is 13.6 Å². The lowest BCUT2D eigenvalue weighted by Crippen LogP contribution is -2.34. The molecule has 23 heavy (non-hydrogen) atoms. The molecule has 0 saturated heterocycles. The fourth-order valence-corrected chi connectivity index (χ4v) is 2.47. The molecule has 118 valence electrons. The van der Waals surface area contributed by atoms with Gasteiger partial charge in [0.15, 0.2) is 0 Å². The Balaban J connectivity index is 1.68. The molecule has 3 rings (SSSR count). The zero-order valence-corrected chi connectivity index (χ0v) is 12.5. The lowest BCUT2D eigenvalue weighted by molar-refractivity contribution is 0.0935. The van der Waals surface area contributed by atoms with E-state index in [1.165, 1.54) is 0 Å². The van der Waals surface area contributed by atoms with E-state index in [0.29, 0.717) is 12.5 Å². The molecule has 5 heteroatoms. The Morgan fingerprint density at radius 2 is 1.96 bits per heavy atom. The molecule has 0 aliphatic rings. The molecule has 1 atom stereocenters. The molecule has 1 unspecified atom stereocenters. The third-order valence-corrected chi connectivity index (χ3v) is 3.54. The number of amides is 1. The van der Waals surface area contributed by atoms with E-state index in [1.54, 1.807) is 6.92 Å². The van der Waals surface area contributed by atoms with Crippen molar-refractivity contribution in [2.75, 3.05) is 0 Å². The molecule has 0 fully saturated rings. The predicted molar refractivity (Wildman–Crippen MR) is 83.2 cm³/mol. The van der Waals surface area contributed by atoms with Gasteiger partial charge in [-0.1, -0.05) is 18.2 Å². The lowest BCUT2D eigenvalue weighted by Gasteiger charge is -2.13. The monoisotopic (exact) mass is 315 g/mol. The minimum atomic E-state index is -0.876. The fraction of sp³-hybridized carbons (Fsp3) is 0.167. The SMILES string of the molecule is CC(Cc1cc2ccccc2o1)NC(=O)c1ccc(F)cc1F. The third-order valence-electron chi connectivity index (χ3n) is 3.54. The van der Waals surface area contributed by atoms with E-state index in [0.717, 1.165) is 28.9 Å². The van der Waals surface area contributed by atoms with Crippen LogP contribution in [-0.4, -0.2) is 11.9 Å². The molecule has 0 aliphatic heterocycles. The molecule has 1 aromatic heterocycles. The molecule has 3 nitrogen and oxygen atoms in total. The van der Waals surface area contributed by atoms with E-state index < -0.39 is 17.5 Å². The van der Waals surface area contributed by atoms with Crippen molar-refractivity contribution in [2.45, 2.75) is 19.4 Å². The molecular formula is C18H15F2NO2. The molecule has 0 radical (unpaired) electrons. The number of benzene rings is 2. The van der Waals surface area contributed by atoms with Crippen molar-refractivity contribution in [1.82, 2.24) is 5.32 Å². The van der Waals surface area contributed by atoms with Gasteiger partial charge in [0.25, 0.3) is 5.91 Å². The van der Waals surface area contributed by atoms with E-state index in [-0.39, 0.29) is 11.6 Å². The van der Waals surface area contributed by atoms with Crippen LogP contribution in [0.15, 0.2) is 52.9 Å². The van der Waals surface area contributed by atoms with Gasteiger partial charge in [-0.2, -0.15) is 0 Å². The van der Waals surface area contributed by atoms with Crippen LogP contribution in [0.2, 0.25) is 0 Å². The van der Waals surface area contributed by atoms with Gasteiger partial charge in [-0.25, -0.2) is 8.78 Å². The number of hydrogen-bond donors (Lipinski definition) is 1. The van der Waals surface area contributed by atoms with Crippen molar-refractivity contribution >= 4 is 16.9 Å². The van der Waals surface area contributed by atoms with E-state index in [2.05, 4.69) is 5.32 Å². The maximum Gasteiger partial charge on any atom is 0.254 e. The average Bonchev–Trinajstić information content (AvgIpc) is 2.88. The van der Waals surface area contributed by atoms with Gasteiger partial charge in [0.05, 0.1) is 5.56 Å². The zero-order valence-electron chi connectivity index (χ0n) is 12.5. The Bertz CT molecular complexity index is 824. The van der Waals surface area contributed by atoms with Crippen LogP contribution in [0, 0.1) is 11.6 Å². The number of rotatable bonds is 4. The van der Waals surface area contributed by atoms with Crippen molar-refractivity contribution in [2.24, 2.45) is 0 Å². The highest BCUT2D eigenvalue weighted by Gasteiger charge is 2.16. The highest BCUT2D eigenvalue weighted by Crippen LogP contribution is 2.20. The zero-order chi connectivity index (χ0) is 16.4. The normalized spacial score (nSPS) is 12.3. The van der Waals surface area contributed by atoms with Crippen LogP contribution in [-0.2, 0) is 6.42 Å². The molecule has 3 aromatic rings. The van der Waals surface area contributed by atoms with Crippen molar-refractivity contribution in [1.29, 1.82) is 0 Å². The van der Waals surface area contributed by atoms with E-state index in [4.69, 9.17) is 4.42 Å². The quantitative estimate of drug-likeness (QED) is 0.788. The molecule has 0 aliphatic carbocycles. The van der Waals surface area contributed by atoms with Crippen LogP contribution in [0.4, 0.5) is 8.78 Å². The highest BCUT2D eigenvalue weighted by molar-refractivity contribution is 5.94. The van der Waals surface area contributed by atoms with Crippen LogP contribution in [0.25, 0.3) is 11.0 Å². The number of nitrogens with one attached hydrogen (secondary N) is 1. The van der Waals surface area contributed by atoms with Gasteiger partial charge >= 0.3 is 0 Å². The van der Waals surface area contributed by atoms with Crippen LogP contribution in [0.3, 0.4) is 0 Å². The number of halogens is 2. The van der Waals surface area contributed by atoms with Gasteiger partial charge in [-0.3, -0.25) is 4.79 Å². The second-order valence-corrected chi connectivity index (χ2v) is 5.45. The van der Waals surface area contributed by atoms with Crippen LogP contribution in [0.5, 0.6) is 0 Å². The van der Waals surface area contributed by atoms with Gasteiger partial charge < -0.3 is 9.73 Å². The Labute approximate surface area is 131 Å². The summed E-state index contributed by atoms with van der Waals surface area (Å²) in [7, 11) is 0. The average molecular weight is 315 g/mol. The van der Waals surface area contributed by atoms with Crippen molar-refractivity contribution < 1.29 is 18.0 Å². The Hall–Kier alpha value is -2.69. The molecule has 0 saturated carbocycles. The topological polar surface area (TPSA) is 42.2 Å². The minimum Gasteiger partial charge on any atom is -0.461 e. The Kier molecular flexibility index (Phi) is 4.10. The smallest absolute Gasteiger partial charge is 0.254 e. The summed E-state index contributed by atoms with van der Waals surface area (Å²) in [6, 6.07) is 12.2. The predicted octanol–water partition coefficient (Wildman–Crippen LogP) is 4.07. The highest BCUT2D eigenvalue weighted by atomic mass is 19.1. The number of carbonyl (C=O) groups excluding carboxylic acids is 1. The summed E-state index contributed by atoms with van der Waals surface area (Å²) >= 11 is 0. The molecular weight excluding hydrogens is 300 g/mol. The fourth-order valence-electron chi connectivity index (χ4n) is 2.47. The van der Waals surface area contributed by atoms with Crippen molar-refractivity contribution in [3.8, 4) is 0 Å². The molecule has 0 bridgehead atoms. The summed E-state index contributed by atoms with van der Waals surface area (Å²) in [6.45, 7) is 1.80. The molecule has 2 aromatic carbocycles. The number of para-hydroxylation sites is 1. The first kappa shape index (κ1) is 15.2. The maximum atomic E-state index is 13.6. The van der Waals surface area contributed by atoms with Gasteiger partial charge in [-0.05, 0) is 31.2 Å². The summed E-state index contributed by atoms with van der Waals surface area (Å²) in [5, 5.41) is 3.68. The standard InChI is InChI=1S/C18H15F2NO2/c1-11(8-14-9-12-4-2-3-5-17(12)23-14)21-18(22)15-7-6-13(19)10-16(15)20/h2-7,9-11H,8H2,1H3,(H,21,22). The minimum absolute atomic E-state index is 0.178. The lowest BCUT2D eigenvalue weighted by atomic mass is 10.1. The first-order chi connectivity index (χ1) is 11.0. The number of furan rings is 1. The van der Waals surface area contributed by atoms with Gasteiger partial charge in [0, 0.05) is 23.9 Å². The molecule has 1 heterocycles. The van der Waals surface area contributed by atoms with Crippen molar-refractivity contribution in [3.63, 3.8) is 0 Å². The summed E-state index contributed by atoms with van der Waals surface area (Å²) in [5.41, 5.74) is 0.605. The summed E-state index contributed by atoms with van der Waals surface area (Å²) in [6.07, 6.45) is 0.475. The summed E-state index contributed by atoms with van der Waals surface area (Å²) < 4.78 is 32.2. The summed E-state index contributed by atoms with van der Waals surface area (Å²) in [5.74, 6) is -1.43. The van der Waals surface area contributed by atoms with E-state index in [1.807, 2.05) is 30.3 Å². The Morgan fingerprint density at radius 3 is 2.70 bits per heavy atom. The second kappa shape index (κ2) is 6.20. The largest absolute Gasteiger partial charge is 0.461 e. The second-order valence-electron chi connectivity index (χ2n) is 5.45.